The molecule has 0 aliphatic carbocycles. The van der Waals surface area contributed by atoms with E-state index in [1.807, 2.05) is 12.1 Å². The van der Waals surface area contributed by atoms with Crippen LogP contribution in [0.1, 0.15) is 32.9 Å². The zero-order chi connectivity index (χ0) is 24.3. The zero-order valence-electron chi connectivity index (χ0n) is 19.3. The Bertz CT molecular complexity index is 919. The lowest BCUT2D eigenvalue weighted by Gasteiger charge is -2.21. The predicted octanol–water partition coefficient (Wildman–Crippen LogP) is 3.46. The Hall–Kier alpha value is -2.20. The van der Waals surface area contributed by atoms with E-state index in [-0.39, 0.29) is 30.9 Å². The number of rotatable bonds is 14. The lowest BCUT2D eigenvalue weighted by Crippen LogP contribution is -2.31. The Labute approximate surface area is 203 Å². The normalized spacial score (nSPS) is 11.3. The molecule has 0 aliphatic heterocycles. The molecule has 0 atom stereocenters. The third kappa shape index (κ3) is 9.67. The van der Waals surface area contributed by atoms with Gasteiger partial charge in [0, 0.05) is 29.4 Å². The molecule has 0 bridgehead atoms. The van der Waals surface area contributed by atoms with Crippen molar-refractivity contribution < 1.29 is 23.8 Å². The number of aromatic nitrogens is 1. The summed E-state index contributed by atoms with van der Waals surface area (Å²) in [5.74, 6) is -0.103. The fourth-order valence-electron chi connectivity index (χ4n) is 2.64. The average molecular weight is 498 g/mol. The van der Waals surface area contributed by atoms with Crippen LogP contribution >= 0.6 is 22.9 Å². The van der Waals surface area contributed by atoms with Crippen molar-refractivity contribution in [2.45, 2.75) is 33.6 Å². The number of carbonyl (C=O) groups is 2. The minimum atomic E-state index is -0.470. The van der Waals surface area contributed by atoms with Crippen LogP contribution in [0.5, 0.6) is 5.75 Å². The Morgan fingerprint density at radius 3 is 2.76 bits per heavy atom. The third-order valence-corrected chi connectivity index (χ3v) is 5.78. The van der Waals surface area contributed by atoms with E-state index >= 15 is 0 Å². The summed E-state index contributed by atoms with van der Waals surface area (Å²) in [7, 11) is 0. The number of benzene rings is 1. The average Bonchev–Trinajstić information content (AvgIpc) is 3.23. The van der Waals surface area contributed by atoms with Crippen LogP contribution < -0.4 is 15.8 Å². The van der Waals surface area contributed by atoms with Crippen molar-refractivity contribution in [2.75, 3.05) is 39.5 Å². The first kappa shape index (κ1) is 27.0. The van der Waals surface area contributed by atoms with E-state index < -0.39 is 5.97 Å². The molecule has 3 N–H and O–H groups in total. The molecule has 0 saturated carbocycles. The minimum absolute atomic E-state index is 0.0215. The van der Waals surface area contributed by atoms with Gasteiger partial charge in [0.25, 0.3) is 0 Å². The van der Waals surface area contributed by atoms with Crippen molar-refractivity contribution in [1.29, 1.82) is 0 Å². The second-order valence-corrected chi connectivity index (χ2v) is 9.43. The molecule has 0 unspecified atom stereocenters. The summed E-state index contributed by atoms with van der Waals surface area (Å²) in [4.78, 5) is 27.8. The fraction of sp³-hybridized carbons (Fsp3) is 0.522. The highest BCUT2D eigenvalue weighted by molar-refractivity contribution is 7.13. The van der Waals surface area contributed by atoms with Gasteiger partial charge in [0.1, 0.15) is 17.3 Å². The van der Waals surface area contributed by atoms with Gasteiger partial charge in [-0.05, 0) is 31.7 Å². The van der Waals surface area contributed by atoms with Gasteiger partial charge in [-0.3, -0.25) is 9.59 Å². The summed E-state index contributed by atoms with van der Waals surface area (Å²) in [6.07, 6.45) is 0.827. The standard InChI is InChI=1S/C23H32ClN3O5S/c1-4-31-21(29)12-26-20(28)10-16-13-33-22(27-16)18-7-6-17(11-19(18)24)32-9-5-8-30-15-23(2,3)14-25/h6-7,11,13H,4-5,8-10,12,14-15,25H2,1-3H3,(H,26,28). The van der Waals surface area contributed by atoms with E-state index in [0.717, 1.165) is 12.0 Å². The van der Waals surface area contributed by atoms with Crippen LogP contribution in [0.25, 0.3) is 10.6 Å². The van der Waals surface area contributed by atoms with Gasteiger partial charge >= 0.3 is 5.97 Å². The molecule has 33 heavy (non-hydrogen) atoms. The van der Waals surface area contributed by atoms with Gasteiger partial charge < -0.3 is 25.3 Å². The molecular weight excluding hydrogens is 466 g/mol. The zero-order valence-corrected chi connectivity index (χ0v) is 20.9. The van der Waals surface area contributed by atoms with Crippen molar-refractivity contribution in [1.82, 2.24) is 10.3 Å². The van der Waals surface area contributed by atoms with Crippen LogP contribution in [-0.4, -0.2) is 56.4 Å². The highest BCUT2D eigenvalue weighted by Gasteiger charge is 2.15. The Kier molecular flexibility index (Phi) is 11.1. The molecule has 8 nitrogen and oxygen atoms in total. The monoisotopic (exact) mass is 497 g/mol. The summed E-state index contributed by atoms with van der Waals surface area (Å²) in [5, 5.41) is 5.54. The number of hydrogen-bond donors (Lipinski definition) is 2. The van der Waals surface area contributed by atoms with E-state index in [2.05, 4.69) is 24.1 Å². The molecule has 1 aromatic carbocycles. The molecule has 1 heterocycles. The summed E-state index contributed by atoms with van der Waals surface area (Å²) < 4.78 is 16.2. The fourth-order valence-corrected chi connectivity index (χ4v) is 3.81. The van der Waals surface area contributed by atoms with Gasteiger partial charge in [-0.2, -0.15) is 0 Å². The van der Waals surface area contributed by atoms with Gasteiger partial charge in [-0.25, -0.2) is 4.98 Å². The van der Waals surface area contributed by atoms with Gasteiger partial charge in [-0.1, -0.05) is 25.4 Å². The summed E-state index contributed by atoms with van der Waals surface area (Å²) >= 11 is 7.84. The SMILES string of the molecule is CCOC(=O)CNC(=O)Cc1csc(-c2ccc(OCCCOCC(C)(C)CN)cc2Cl)n1. The van der Waals surface area contributed by atoms with E-state index in [9.17, 15) is 9.59 Å². The maximum atomic E-state index is 12.0. The first-order valence-corrected chi connectivity index (χ1v) is 12.1. The number of nitrogens with one attached hydrogen (secondary N) is 1. The van der Waals surface area contributed by atoms with E-state index in [0.29, 0.717) is 47.8 Å². The molecule has 10 heteroatoms. The number of nitrogens with two attached hydrogens (primary N) is 1. The highest BCUT2D eigenvalue weighted by Crippen LogP contribution is 2.33. The molecule has 1 amide bonds. The first-order chi connectivity index (χ1) is 15.7. The maximum absolute atomic E-state index is 12.0. The first-order valence-electron chi connectivity index (χ1n) is 10.8. The summed E-state index contributed by atoms with van der Waals surface area (Å²) in [5.41, 5.74) is 7.04. The van der Waals surface area contributed by atoms with E-state index in [1.54, 1.807) is 18.4 Å². The number of halogens is 1. The molecule has 0 radical (unpaired) electrons. The molecule has 2 aromatic rings. The number of thiazole rings is 1. The molecule has 0 saturated heterocycles. The van der Waals surface area contributed by atoms with Gasteiger partial charge in [-0.15, -0.1) is 11.3 Å². The molecular formula is C23H32ClN3O5S. The van der Waals surface area contributed by atoms with Crippen molar-refractivity contribution in [2.24, 2.45) is 11.1 Å². The highest BCUT2D eigenvalue weighted by atomic mass is 35.5. The van der Waals surface area contributed by atoms with Crippen molar-refractivity contribution in [3.63, 3.8) is 0 Å². The number of carbonyl (C=O) groups excluding carboxylic acids is 2. The number of ether oxygens (including phenoxy) is 3. The second kappa shape index (κ2) is 13.5. The van der Waals surface area contributed by atoms with Crippen LogP contribution in [0.4, 0.5) is 0 Å². The van der Waals surface area contributed by atoms with E-state index in [4.69, 9.17) is 31.5 Å². The topological polar surface area (TPSA) is 113 Å². The molecule has 1 aromatic heterocycles. The van der Waals surface area contributed by atoms with E-state index in [1.165, 1.54) is 11.3 Å². The molecule has 182 valence electrons. The maximum Gasteiger partial charge on any atom is 0.325 e. The lowest BCUT2D eigenvalue weighted by molar-refractivity contribution is -0.143. The second-order valence-electron chi connectivity index (χ2n) is 8.17. The number of esters is 1. The summed E-state index contributed by atoms with van der Waals surface area (Å²) in [6, 6.07) is 5.44. The van der Waals surface area contributed by atoms with Crippen LogP contribution in [-0.2, 0) is 25.5 Å². The number of amides is 1. The Morgan fingerprint density at radius 1 is 1.27 bits per heavy atom. The van der Waals surface area contributed by atoms with Crippen molar-refractivity contribution in [3.8, 4) is 16.3 Å². The molecule has 0 aliphatic rings. The van der Waals surface area contributed by atoms with Crippen molar-refractivity contribution >= 4 is 34.8 Å². The predicted molar refractivity (Wildman–Crippen MR) is 130 cm³/mol. The van der Waals surface area contributed by atoms with Crippen LogP contribution in [0, 0.1) is 5.41 Å². The Balaban J connectivity index is 1.81. The van der Waals surface area contributed by atoms with Gasteiger partial charge in [0.05, 0.1) is 37.0 Å². The molecule has 0 fully saturated rings. The lowest BCUT2D eigenvalue weighted by atomic mass is 9.95. The van der Waals surface area contributed by atoms with Crippen LogP contribution in [0.3, 0.4) is 0 Å². The summed E-state index contributed by atoms with van der Waals surface area (Å²) in [6.45, 7) is 8.28. The number of nitrogens with zero attached hydrogens (tertiary/aromatic N) is 1. The smallest absolute Gasteiger partial charge is 0.325 e. The van der Waals surface area contributed by atoms with Crippen molar-refractivity contribution in [3.05, 3.63) is 34.3 Å². The van der Waals surface area contributed by atoms with Crippen LogP contribution in [0.15, 0.2) is 23.6 Å². The minimum Gasteiger partial charge on any atom is -0.493 e. The molecule has 2 rings (SSSR count). The quantitative estimate of drug-likeness (QED) is 0.303. The largest absolute Gasteiger partial charge is 0.493 e. The van der Waals surface area contributed by atoms with Crippen LogP contribution in [0.2, 0.25) is 5.02 Å². The molecule has 0 spiro atoms. The van der Waals surface area contributed by atoms with Gasteiger partial charge in [0.2, 0.25) is 5.91 Å². The Morgan fingerprint density at radius 2 is 2.06 bits per heavy atom. The van der Waals surface area contributed by atoms with Gasteiger partial charge in [0.15, 0.2) is 0 Å². The number of hydrogen-bond acceptors (Lipinski definition) is 8. The third-order valence-electron chi connectivity index (χ3n) is 4.55.